The summed E-state index contributed by atoms with van der Waals surface area (Å²) in [4.78, 5) is 36.1. The molecule has 3 aromatic rings. The lowest BCUT2D eigenvalue weighted by atomic mass is 9.96. The lowest BCUT2D eigenvalue weighted by Gasteiger charge is -2.38. The van der Waals surface area contributed by atoms with Crippen molar-refractivity contribution in [3.63, 3.8) is 0 Å². The fourth-order valence-corrected chi connectivity index (χ4v) is 5.44. The summed E-state index contributed by atoms with van der Waals surface area (Å²) in [5.41, 5.74) is 3.31. The number of methoxy groups -OCH3 is 1. The zero-order valence-electron chi connectivity index (χ0n) is 21.2. The third-order valence-electron chi connectivity index (χ3n) is 7.49. The van der Waals surface area contributed by atoms with Gasteiger partial charge in [-0.3, -0.25) is 14.5 Å². The number of para-hydroxylation sites is 2. The summed E-state index contributed by atoms with van der Waals surface area (Å²) in [6, 6.07) is 16.4. The van der Waals surface area contributed by atoms with Gasteiger partial charge in [-0.1, -0.05) is 24.3 Å². The highest BCUT2D eigenvalue weighted by atomic mass is 16.5. The van der Waals surface area contributed by atoms with Crippen LogP contribution in [0, 0.1) is 5.92 Å². The standard InChI is InChI=1S/C28H35N5O3/c1-21(34)31-14-16-32(17-15-31)28(35)23-6-5-13-30(19-23)20-27-29-25-7-3-4-8-26(25)33(27)18-22-9-11-24(36-2)12-10-22/h3-4,7-12,23H,5-6,13-20H2,1-2H3/t23-/m1/s1. The summed E-state index contributed by atoms with van der Waals surface area (Å²) in [6.07, 6.45) is 1.92. The van der Waals surface area contributed by atoms with Gasteiger partial charge in [-0.15, -0.1) is 0 Å². The molecule has 2 amide bonds. The highest BCUT2D eigenvalue weighted by molar-refractivity contribution is 5.80. The van der Waals surface area contributed by atoms with Crippen LogP contribution in [-0.2, 0) is 22.7 Å². The highest BCUT2D eigenvalue weighted by Gasteiger charge is 2.32. The summed E-state index contributed by atoms with van der Waals surface area (Å²) in [6.45, 7) is 7.28. The van der Waals surface area contributed by atoms with Crippen LogP contribution in [0.1, 0.15) is 31.2 Å². The van der Waals surface area contributed by atoms with E-state index in [1.807, 2.05) is 28.0 Å². The fraction of sp³-hybridized carbons (Fsp3) is 0.464. The molecule has 190 valence electrons. The van der Waals surface area contributed by atoms with Crippen LogP contribution < -0.4 is 4.74 Å². The van der Waals surface area contributed by atoms with Gasteiger partial charge in [-0.05, 0) is 49.2 Å². The molecule has 2 aromatic carbocycles. The van der Waals surface area contributed by atoms with Gasteiger partial charge in [0.15, 0.2) is 0 Å². The largest absolute Gasteiger partial charge is 0.497 e. The molecule has 1 aromatic heterocycles. The number of fused-ring (bicyclic) bond motifs is 1. The average molecular weight is 490 g/mol. The quantitative estimate of drug-likeness (QED) is 0.532. The molecule has 2 fully saturated rings. The lowest BCUT2D eigenvalue weighted by Crippen LogP contribution is -2.53. The van der Waals surface area contributed by atoms with E-state index < -0.39 is 0 Å². The first kappa shape index (κ1) is 24.3. The average Bonchev–Trinajstić information content (AvgIpc) is 3.25. The van der Waals surface area contributed by atoms with Gasteiger partial charge >= 0.3 is 0 Å². The summed E-state index contributed by atoms with van der Waals surface area (Å²) in [5, 5.41) is 0. The van der Waals surface area contributed by atoms with E-state index in [9.17, 15) is 9.59 Å². The molecule has 3 heterocycles. The molecule has 0 bridgehead atoms. The molecular weight excluding hydrogens is 454 g/mol. The molecule has 0 radical (unpaired) electrons. The van der Waals surface area contributed by atoms with E-state index in [1.165, 1.54) is 5.56 Å². The Balaban J connectivity index is 1.29. The van der Waals surface area contributed by atoms with Gasteiger partial charge in [0.05, 0.1) is 30.6 Å². The summed E-state index contributed by atoms with van der Waals surface area (Å²) < 4.78 is 7.61. The van der Waals surface area contributed by atoms with Crippen LogP contribution in [0.3, 0.4) is 0 Å². The number of carbonyl (C=O) groups is 2. The molecule has 0 N–H and O–H groups in total. The van der Waals surface area contributed by atoms with Crippen molar-refractivity contribution in [2.45, 2.75) is 32.9 Å². The zero-order valence-corrected chi connectivity index (χ0v) is 21.2. The van der Waals surface area contributed by atoms with Crippen molar-refractivity contribution < 1.29 is 14.3 Å². The number of hydrogen-bond donors (Lipinski definition) is 0. The Bertz CT molecular complexity index is 1210. The molecular formula is C28H35N5O3. The number of nitrogens with zero attached hydrogens (tertiary/aromatic N) is 5. The zero-order chi connectivity index (χ0) is 25.1. The summed E-state index contributed by atoms with van der Waals surface area (Å²) in [7, 11) is 1.68. The monoisotopic (exact) mass is 489 g/mol. The number of hydrogen-bond acceptors (Lipinski definition) is 5. The highest BCUT2D eigenvalue weighted by Crippen LogP contribution is 2.24. The van der Waals surface area contributed by atoms with Crippen LogP contribution in [0.15, 0.2) is 48.5 Å². The second kappa shape index (κ2) is 10.7. The Labute approximate surface area is 212 Å². The molecule has 1 atom stereocenters. The number of rotatable bonds is 6. The minimum absolute atomic E-state index is 0.00189. The molecule has 5 rings (SSSR count). The van der Waals surface area contributed by atoms with Crippen molar-refractivity contribution in [3.05, 3.63) is 59.9 Å². The van der Waals surface area contributed by atoms with Gasteiger partial charge in [0.1, 0.15) is 11.6 Å². The second-order valence-corrected chi connectivity index (χ2v) is 9.86. The Morgan fingerprint density at radius 3 is 2.39 bits per heavy atom. The van der Waals surface area contributed by atoms with Gasteiger partial charge in [0, 0.05) is 46.2 Å². The first-order valence-electron chi connectivity index (χ1n) is 12.9. The maximum Gasteiger partial charge on any atom is 0.227 e. The van der Waals surface area contributed by atoms with E-state index in [1.54, 1.807) is 14.0 Å². The Hall–Kier alpha value is -3.39. The third-order valence-corrected chi connectivity index (χ3v) is 7.49. The smallest absolute Gasteiger partial charge is 0.227 e. The van der Waals surface area contributed by atoms with Gasteiger partial charge in [0.2, 0.25) is 11.8 Å². The molecule has 0 spiro atoms. The normalized spacial score (nSPS) is 19.0. The number of piperidine rings is 1. The molecule has 2 aliphatic heterocycles. The van der Waals surface area contributed by atoms with Gasteiger partial charge in [-0.2, -0.15) is 0 Å². The first-order valence-corrected chi connectivity index (χ1v) is 12.9. The van der Waals surface area contributed by atoms with E-state index in [2.05, 4.69) is 39.8 Å². The number of benzene rings is 2. The molecule has 8 nitrogen and oxygen atoms in total. The van der Waals surface area contributed by atoms with Crippen LogP contribution in [-0.4, -0.2) is 82.4 Å². The molecule has 0 aliphatic carbocycles. The molecule has 0 unspecified atom stereocenters. The van der Waals surface area contributed by atoms with Crippen molar-refractivity contribution in [1.29, 1.82) is 0 Å². The molecule has 0 saturated carbocycles. The number of ether oxygens (including phenoxy) is 1. The molecule has 36 heavy (non-hydrogen) atoms. The second-order valence-electron chi connectivity index (χ2n) is 9.86. The van der Waals surface area contributed by atoms with E-state index in [4.69, 9.17) is 9.72 Å². The van der Waals surface area contributed by atoms with Crippen molar-refractivity contribution in [1.82, 2.24) is 24.3 Å². The van der Waals surface area contributed by atoms with Crippen molar-refractivity contribution in [2.75, 3.05) is 46.4 Å². The minimum atomic E-state index is 0.00189. The van der Waals surface area contributed by atoms with Gasteiger partial charge in [-0.25, -0.2) is 4.98 Å². The SMILES string of the molecule is COc1ccc(Cn2c(CN3CCC[C@@H](C(=O)N4CCN(C(C)=O)CC4)C3)nc3ccccc32)cc1. The predicted octanol–water partition coefficient (Wildman–Crippen LogP) is 3.00. The Morgan fingerprint density at radius 2 is 1.67 bits per heavy atom. The number of likely N-dealkylation sites (tertiary alicyclic amines) is 1. The van der Waals surface area contributed by atoms with E-state index in [0.29, 0.717) is 32.7 Å². The topological polar surface area (TPSA) is 70.9 Å². The van der Waals surface area contributed by atoms with Crippen molar-refractivity contribution in [3.8, 4) is 5.75 Å². The molecule has 2 saturated heterocycles. The first-order chi connectivity index (χ1) is 17.5. The van der Waals surface area contributed by atoms with Crippen LogP contribution in [0.5, 0.6) is 5.75 Å². The summed E-state index contributed by atoms with van der Waals surface area (Å²) >= 11 is 0. The minimum Gasteiger partial charge on any atom is -0.497 e. The lowest BCUT2D eigenvalue weighted by molar-refractivity contribution is -0.142. The fourth-order valence-electron chi connectivity index (χ4n) is 5.44. The van der Waals surface area contributed by atoms with Crippen LogP contribution >= 0.6 is 0 Å². The van der Waals surface area contributed by atoms with Crippen LogP contribution in [0.25, 0.3) is 11.0 Å². The number of amides is 2. The number of imidazole rings is 1. The third kappa shape index (κ3) is 5.23. The molecule has 8 heteroatoms. The number of aromatic nitrogens is 2. The summed E-state index contributed by atoms with van der Waals surface area (Å²) in [5.74, 6) is 2.19. The van der Waals surface area contributed by atoms with Gasteiger partial charge in [0.25, 0.3) is 0 Å². The molecule has 2 aliphatic rings. The van der Waals surface area contributed by atoms with Crippen LogP contribution in [0.4, 0.5) is 0 Å². The van der Waals surface area contributed by atoms with E-state index in [-0.39, 0.29) is 17.7 Å². The predicted molar refractivity (Wildman–Crippen MR) is 139 cm³/mol. The van der Waals surface area contributed by atoms with Crippen molar-refractivity contribution in [2.24, 2.45) is 5.92 Å². The Kier molecular flexibility index (Phi) is 7.23. The van der Waals surface area contributed by atoms with E-state index >= 15 is 0 Å². The van der Waals surface area contributed by atoms with Crippen LogP contribution in [0.2, 0.25) is 0 Å². The number of piperazine rings is 1. The van der Waals surface area contributed by atoms with Crippen molar-refractivity contribution >= 4 is 22.8 Å². The maximum atomic E-state index is 13.3. The van der Waals surface area contributed by atoms with Gasteiger partial charge < -0.3 is 19.1 Å². The Morgan fingerprint density at radius 1 is 0.944 bits per heavy atom. The number of carbonyl (C=O) groups excluding carboxylic acids is 2. The maximum absolute atomic E-state index is 13.3. The van der Waals surface area contributed by atoms with E-state index in [0.717, 1.165) is 55.1 Å².